The zero-order chi connectivity index (χ0) is 11.6. The second-order valence-corrected chi connectivity index (χ2v) is 4.88. The molecule has 0 aliphatic heterocycles. The van der Waals surface area contributed by atoms with Gasteiger partial charge < -0.3 is 10.2 Å². The molecular weight excluding hydrogens is 188 g/mol. The highest BCUT2D eigenvalue weighted by molar-refractivity contribution is 4.70. The van der Waals surface area contributed by atoms with Gasteiger partial charge >= 0.3 is 0 Å². The van der Waals surface area contributed by atoms with Gasteiger partial charge in [-0.1, -0.05) is 58.3 Å². The summed E-state index contributed by atoms with van der Waals surface area (Å²) < 4.78 is 0. The Morgan fingerprint density at radius 1 is 0.867 bits per heavy atom. The van der Waals surface area contributed by atoms with E-state index in [1.165, 1.54) is 44.9 Å². The molecule has 0 aliphatic carbocycles. The van der Waals surface area contributed by atoms with Crippen molar-refractivity contribution < 1.29 is 10.2 Å². The lowest BCUT2D eigenvalue weighted by Crippen LogP contribution is -2.28. The summed E-state index contributed by atoms with van der Waals surface area (Å²) in [6.45, 7) is 3.81. The van der Waals surface area contributed by atoms with Gasteiger partial charge in [-0.25, -0.2) is 0 Å². The van der Waals surface area contributed by atoms with Gasteiger partial charge in [0.1, 0.15) is 0 Å². The van der Waals surface area contributed by atoms with Crippen LogP contribution in [-0.4, -0.2) is 22.4 Å². The second kappa shape index (κ2) is 9.17. The lowest BCUT2D eigenvalue weighted by Gasteiger charge is -2.19. The van der Waals surface area contributed by atoms with Crippen molar-refractivity contribution >= 4 is 0 Å². The number of rotatable bonds is 10. The van der Waals surface area contributed by atoms with Crippen LogP contribution in [0.5, 0.6) is 0 Å². The molecule has 2 heteroatoms. The highest BCUT2D eigenvalue weighted by atomic mass is 16.3. The van der Waals surface area contributed by atoms with E-state index in [0.717, 1.165) is 12.8 Å². The Morgan fingerprint density at radius 2 is 1.33 bits per heavy atom. The number of aliphatic hydroxyl groups excluding tert-OH is 1. The molecule has 0 saturated heterocycles. The molecule has 0 aromatic carbocycles. The fourth-order valence-corrected chi connectivity index (χ4v) is 1.72. The van der Waals surface area contributed by atoms with Crippen LogP contribution in [0.4, 0.5) is 0 Å². The van der Waals surface area contributed by atoms with E-state index in [0.29, 0.717) is 0 Å². The van der Waals surface area contributed by atoms with E-state index in [-0.39, 0.29) is 6.61 Å². The third kappa shape index (κ3) is 10.2. The molecule has 0 rings (SSSR count). The highest BCUT2D eigenvalue weighted by Gasteiger charge is 2.17. The summed E-state index contributed by atoms with van der Waals surface area (Å²) in [4.78, 5) is 0. The minimum absolute atomic E-state index is 0.122. The van der Waals surface area contributed by atoms with E-state index >= 15 is 0 Å². The number of unbranched alkanes of at least 4 members (excludes halogenated alkanes) is 7. The highest BCUT2D eigenvalue weighted by Crippen LogP contribution is 2.15. The van der Waals surface area contributed by atoms with Crippen LogP contribution in [0.2, 0.25) is 0 Å². The summed E-state index contributed by atoms with van der Waals surface area (Å²) in [5.74, 6) is 0. The fourth-order valence-electron chi connectivity index (χ4n) is 1.72. The van der Waals surface area contributed by atoms with E-state index in [9.17, 15) is 5.11 Å². The van der Waals surface area contributed by atoms with Crippen molar-refractivity contribution in [1.82, 2.24) is 0 Å². The molecule has 0 spiro atoms. The maximum atomic E-state index is 9.55. The number of aliphatic hydroxyl groups is 2. The van der Waals surface area contributed by atoms with Crippen LogP contribution in [0.25, 0.3) is 0 Å². The first-order chi connectivity index (χ1) is 7.12. The van der Waals surface area contributed by atoms with Crippen molar-refractivity contribution in [3.8, 4) is 0 Å². The fraction of sp³-hybridized carbons (Fsp3) is 1.00. The molecule has 2 nitrogen and oxygen atoms in total. The Kier molecular flexibility index (Phi) is 9.12. The first-order valence-corrected chi connectivity index (χ1v) is 6.45. The van der Waals surface area contributed by atoms with Gasteiger partial charge in [0.2, 0.25) is 0 Å². The van der Waals surface area contributed by atoms with Crippen molar-refractivity contribution in [2.24, 2.45) is 0 Å². The largest absolute Gasteiger partial charge is 0.393 e. The van der Waals surface area contributed by atoms with E-state index in [2.05, 4.69) is 6.92 Å². The van der Waals surface area contributed by atoms with Gasteiger partial charge in [-0.3, -0.25) is 0 Å². The molecular formula is C13H28O2. The lowest BCUT2D eigenvalue weighted by molar-refractivity contribution is -0.00695. The van der Waals surface area contributed by atoms with Gasteiger partial charge in [0, 0.05) is 0 Å². The van der Waals surface area contributed by atoms with Crippen LogP contribution < -0.4 is 0 Å². The van der Waals surface area contributed by atoms with Crippen LogP contribution in [0.3, 0.4) is 0 Å². The molecule has 0 aromatic rings. The van der Waals surface area contributed by atoms with Crippen molar-refractivity contribution in [3.63, 3.8) is 0 Å². The molecule has 1 atom stereocenters. The van der Waals surface area contributed by atoms with Crippen LogP contribution in [0.15, 0.2) is 0 Å². The Balaban J connectivity index is 3.11. The summed E-state index contributed by atoms with van der Waals surface area (Å²) in [5.41, 5.74) is -0.859. The molecule has 0 saturated carbocycles. The van der Waals surface area contributed by atoms with Gasteiger partial charge in [-0.15, -0.1) is 0 Å². The molecule has 2 N–H and O–H groups in total. The Morgan fingerprint density at radius 3 is 1.80 bits per heavy atom. The van der Waals surface area contributed by atoms with Crippen LogP contribution in [0, 0.1) is 0 Å². The minimum Gasteiger partial charge on any atom is -0.393 e. The number of hydrogen-bond acceptors (Lipinski definition) is 2. The standard InChI is InChI=1S/C13H28O2/c1-3-4-5-6-7-8-9-10-11-13(2,15)12-14/h14-15H,3-12H2,1-2H3. The van der Waals surface area contributed by atoms with Gasteiger partial charge in [0.15, 0.2) is 0 Å². The van der Waals surface area contributed by atoms with E-state index in [4.69, 9.17) is 5.11 Å². The smallest absolute Gasteiger partial charge is 0.0849 e. The van der Waals surface area contributed by atoms with E-state index in [1.54, 1.807) is 6.92 Å². The predicted octanol–water partition coefficient (Wildman–Crippen LogP) is 3.26. The molecule has 0 bridgehead atoms. The van der Waals surface area contributed by atoms with Crippen LogP contribution in [0.1, 0.15) is 71.6 Å². The van der Waals surface area contributed by atoms with Gasteiger partial charge in [-0.2, -0.15) is 0 Å². The minimum atomic E-state index is -0.859. The number of hydrogen-bond donors (Lipinski definition) is 2. The first kappa shape index (κ1) is 14.9. The maximum absolute atomic E-state index is 9.55. The Bertz CT molecular complexity index is 132. The molecule has 0 aromatic heterocycles. The molecule has 15 heavy (non-hydrogen) atoms. The Labute approximate surface area is 94.7 Å². The third-order valence-electron chi connectivity index (χ3n) is 2.91. The zero-order valence-electron chi connectivity index (χ0n) is 10.5. The maximum Gasteiger partial charge on any atom is 0.0849 e. The van der Waals surface area contributed by atoms with Gasteiger partial charge in [-0.05, 0) is 13.3 Å². The van der Waals surface area contributed by atoms with Gasteiger partial charge in [0.05, 0.1) is 12.2 Å². The third-order valence-corrected chi connectivity index (χ3v) is 2.91. The van der Waals surface area contributed by atoms with Crippen molar-refractivity contribution in [3.05, 3.63) is 0 Å². The molecule has 1 unspecified atom stereocenters. The lowest BCUT2D eigenvalue weighted by atomic mass is 9.98. The first-order valence-electron chi connectivity index (χ1n) is 6.45. The molecule has 0 radical (unpaired) electrons. The summed E-state index contributed by atoms with van der Waals surface area (Å²) in [7, 11) is 0. The molecule has 0 fully saturated rings. The van der Waals surface area contributed by atoms with E-state index in [1.807, 2.05) is 0 Å². The normalized spacial score (nSPS) is 15.2. The zero-order valence-corrected chi connectivity index (χ0v) is 10.5. The molecule has 0 heterocycles. The predicted molar refractivity (Wildman–Crippen MR) is 64.9 cm³/mol. The average molecular weight is 216 g/mol. The van der Waals surface area contributed by atoms with Crippen LogP contribution >= 0.6 is 0 Å². The summed E-state index contributed by atoms with van der Waals surface area (Å²) >= 11 is 0. The summed E-state index contributed by atoms with van der Waals surface area (Å²) in [6.07, 6.45) is 10.9. The second-order valence-electron chi connectivity index (χ2n) is 4.88. The SMILES string of the molecule is CCCCCCCCCCC(C)(O)CO. The molecule has 0 amide bonds. The quantitative estimate of drug-likeness (QED) is 0.550. The monoisotopic (exact) mass is 216 g/mol. The summed E-state index contributed by atoms with van der Waals surface area (Å²) in [5, 5.41) is 18.4. The van der Waals surface area contributed by atoms with Crippen molar-refractivity contribution in [2.75, 3.05) is 6.61 Å². The van der Waals surface area contributed by atoms with Gasteiger partial charge in [0.25, 0.3) is 0 Å². The van der Waals surface area contributed by atoms with Crippen molar-refractivity contribution in [1.29, 1.82) is 0 Å². The molecule has 0 aliphatic rings. The summed E-state index contributed by atoms with van der Waals surface area (Å²) in [6, 6.07) is 0. The average Bonchev–Trinajstić information content (AvgIpc) is 2.22. The van der Waals surface area contributed by atoms with Crippen molar-refractivity contribution in [2.45, 2.75) is 77.2 Å². The topological polar surface area (TPSA) is 40.5 Å². The molecule has 92 valence electrons. The van der Waals surface area contributed by atoms with E-state index < -0.39 is 5.60 Å². The van der Waals surface area contributed by atoms with Crippen LogP contribution in [-0.2, 0) is 0 Å². The Hall–Kier alpha value is -0.0800.